The van der Waals surface area contributed by atoms with Gasteiger partial charge >= 0.3 is 0 Å². The maximum atomic E-state index is 4.50. The highest BCUT2D eigenvalue weighted by molar-refractivity contribution is 5.75. The molecule has 94 valence electrons. The molecule has 0 bridgehead atoms. The zero-order valence-electron chi connectivity index (χ0n) is 10.7. The summed E-state index contributed by atoms with van der Waals surface area (Å²) in [4.78, 5) is 4.50. The Morgan fingerprint density at radius 3 is 2.89 bits per heavy atom. The van der Waals surface area contributed by atoms with Gasteiger partial charge in [-0.15, -0.1) is 5.10 Å². The van der Waals surface area contributed by atoms with Gasteiger partial charge in [0, 0.05) is 6.20 Å². The van der Waals surface area contributed by atoms with E-state index >= 15 is 0 Å². The second-order valence-electron chi connectivity index (χ2n) is 5.16. The fourth-order valence-corrected chi connectivity index (χ4v) is 2.52. The van der Waals surface area contributed by atoms with Gasteiger partial charge in [0.05, 0.1) is 5.52 Å². The molecule has 1 saturated carbocycles. The first-order chi connectivity index (χ1) is 9.33. The number of hydrogen-bond acceptors (Lipinski definition) is 3. The maximum Gasteiger partial charge on any atom is 0.156 e. The molecule has 0 unspecified atom stereocenters. The summed E-state index contributed by atoms with van der Waals surface area (Å²) in [7, 11) is 0. The summed E-state index contributed by atoms with van der Waals surface area (Å²) < 4.78 is 1.82. The van der Waals surface area contributed by atoms with Crippen LogP contribution < -0.4 is 0 Å². The van der Waals surface area contributed by atoms with Crippen molar-refractivity contribution in [2.24, 2.45) is 0 Å². The second kappa shape index (κ2) is 3.88. The molecule has 0 saturated heterocycles. The molecule has 2 heterocycles. The summed E-state index contributed by atoms with van der Waals surface area (Å²) in [5.74, 6) is 1.58. The molecule has 4 rings (SSSR count). The Morgan fingerprint density at radius 2 is 2.05 bits per heavy atom. The molecule has 1 fully saturated rings. The van der Waals surface area contributed by atoms with Gasteiger partial charge in [-0.2, -0.15) is 4.68 Å². The van der Waals surface area contributed by atoms with E-state index < -0.39 is 0 Å². The van der Waals surface area contributed by atoms with Crippen molar-refractivity contribution < 1.29 is 0 Å². The van der Waals surface area contributed by atoms with Gasteiger partial charge in [-0.05, 0) is 55.0 Å². The highest BCUT2D eigenvalue weighted by atomic mass is 15.4. The summed E-state index contributed by atoms with van der Waals surface area (Å²) in [6, 6.07) is 10.1. The average molecular weight is 250 g/mol. The zero-order chi connectivity index (χ0) is 12.8. The molecule has 2 aromatic heterocycles. The van der Waals surface area contributed by atoms with Crippen molar-refractivity contribution in [2.75, 3.05) is 0 Å². The lowest BCUT2D eigenvalue weighted by Gasteiger charge is -2.07. The topological polar surface area (TPSA) is 43.6 Å². The zero-order valence-corrected chi connectivity index (χ0v) is 10.7. The van der Waals surface area contributed by atoms with E-state index in [4.69, 9.17) is 0 Å². The number of pyridine rings is 1. The first-order valence-corrected chi connectivity index (χ1v) is 6.60. The molecule has 0 spiro atoms. The second-order valence-corrected chi connectivity index (χ2v) is 5.16. The minimum absolute atomic E-state index is 0.719. The Labute approximate surface area is 111 Å². The summed E-state index contributed by atoms with van der Waals surface area (Å²) in [6.07, 6.45) is 4.53. The molecule has 4 heteroatoms. The molecule has 1 aromatic carbocycles. The molecule has 0 amide bonds. The SMILES string of the molecule is Cc1cnc(-n2nnc3ccccc32)cc1C1CC1. The van der Waals surface area contributed by atoms with Gasteiger partial charge in [-0.25, -0.2) is 4.98 Å². The first kappa shape index (κ1) is 10.7. The van der Waals surface area contributed by atoms with E-state index in [2.05, 4.69) is 28.3 Å². The van der Waals surface area contributed by atoms with E-state index in [-0.39, 0.29) is 0 Å². The van der Waals surface area contributed by atoms with Crippen molar-refractivity contribution in [3.63, 3.8) is 0 Å². The average Bonchev–Trinajstić information content (AvgIpc) is 3.19. The van der Waals surface area contributed by atoms with Crippen LogP contribution in [0.5, 0.6) is 0 Å². The first-order valence-electron chi connectivity index (χ1n) is 6.60. The van der Waals surface area contributed by atoms with Crippen LogP contribution >= 0.6 is 0 Å². The van der Waals surface area contributed by atoms with Crippen LogP contribution in [0, 0.1) is 6.92 Å². The third-order valence-electron chi connectivity index (χ3n) is 3.72. The van der Waals surface area contributed by atoms with Crippen LogP contribution in [0.25, 0.3) is 16.9 Å². The Balaban J connectivity index is 1.90. The lowest BCUT2D eigenvalue weighted by atomic mass is 10.1. The van der Waals surface area contributed by atoms with Crippen LogP contribution in [-0.2, 0) is 0 Å². The third-order valence-corrected chi connectivity index (χ3v) is 3.72. The normalized spacial score (nSPS) is 15.0. The molecule has 0 N–H and O–H groups in total. The summed E-state index contributed by atoms with van der Waals surface area (Å²) in [6.45, 7) is 2.13. The Bertz CT molecular complexity index is 756. The van der Waals surface area contributed by atoms with E-state index in [1.54, 1.807) is 0 Å². The van der Waals surface area contributed by atoms with Crippen LogP contribution in [0.4, 0.5) is 0 Å². The Hall–Kier alpha value is -2.23. The van der Waals surface area contributed by atoms with Crippen molar-refractivity contribution in [1.29, 1.82) is 0 Å². The predicted octanol–water partition coefficient (Wildman–Crippen LogP) is 3.00. The standard InChI is InChI=1S/C15H14N4/c1-10-9-16-15(8-12(10)11-6-7-11)19-14-5-3-2-4-13(14)17-18-19/h2-5,8-9,11H,6-7H2,1H3. The summed E-state index contributed by atoms with van der Waals surface area (Å²) >= 11 is 0. The van der Waals surface area contributed by atoms with Crippen LogP contribution in [0.3, 0.4) is 0 Å². The van der Waals surface area contributed by atoms with Gasteiger partial charge in [0.25, 0.3) is 0 Å². The predicted molar refractivity (Wildman–Crippen MR) is 73.4 cm³/mol. The molecular weight excluding hydrogens is 236 g/mol. The van der Waals surface area contributed by atoms with E-state index in [1.165, 1.54) is 24.0 Å². The number of benzene rings is 1. The number of nitrogens with zero attached hydrogens (tertiary/aromatic N) is 4. The van der Waals surface area contributed by atoms with Gasteiger partial charge in [0.1, 0.15) is 5.52 Å². The highest BCUT2D eigenvalue weighted by Crippen LogP contribution is 2.41. The van der Waals surface area contributed by atoms with Crippen molar-refractivity contribution in [3.05, 3.63) is 47.7 Å². The number of fused-ring (bicyclic) bond motifs is 1. The number of rotatable bonds is 2. The summed E-state index contributed by atoms with van der Waals surface area (Å²) in [5, 5.41) is 8.40. The summed E-state index contributed by atoms with van der Waals surface area (Å²) in [5.41, 5.74) is 4.58. The molecule has 1 aliphatic rings. The number of para-hydroxylation sites is 1. The van der Waals surface area contributed by atoms with E-state index in [9.17, 15) is 0 Å². The van der Waals surface area contributed by atoms with Gasteiger partial charge in [0.2, 0.25) is 0 Å². The fraction of sp³-hybridized carbons (Fsp3) is 0.267. The largest absolute Gasteiger partial charge is 0.237 e. The van der Waals surface area contributed by atoms with Crippen molar-refractivity contribution in [1.82, 2.24) is 20.0 Å². The smallest absolute Gasteiger partial charge is 0.156 e. The van der Waals surface area contributed by atoms with Gasteiger partial charge in [-0.1, -0.05) is 17.3 Å². The van der Waals surface area contributed by atoms with E-state index in [0.717, 1.165) is 22.8 Å². The molecule has 0 atom stereocenters. The molecule has 4 nitrogen and oxygen atoms in total. The number of hydrogen-bond donors (Lipinski definition) is 0. The minimum Gasteiger partial charge on any atom is -0.237 e. The lowest BCUT2D eigenvalue weighted by molar-refractivity contribution is 0.797. The van der Waals surface area contributed by atoms with Crippen molar-refractivity contribution >= 4 is 11.0 Å². The van der Waals surface area contributed by atoms with Crippen LogP contribution in [0.2, 0.25) is 0 Å². The molecule has 1 aliphatic carbocycles. The van der Waals surface area contributed by atoms with Crippen LogP contribution in [0.15, 0.2) is 36.5 Å². The van der Waals surface area contributed by atoms with Crippen LogP contribution in [0.1, 0.15) is 29.9 Å². The highest BCUT2D eigenvalue weighted by Gasteiger charge is 2.25. The van der Waals surface area contributed by atoms with E-state index in [0.29, 0.717) is 0 Å². The van der Waals surface area contributed by atoms with E-state index in [1.807, 2.05) is 35.1 Å². The van der Waals surface area contributed by atoms with Gasteiger partial charge < -0.3 is 0 Å². The number of aromatic nitrogens is 4. The molecule has 19 heavy (non-hydrogen) atoms. The monoisotopic (exact) mass is 250 g/mol. The maximum absolute atomic E-state index is 4.50. The Kier molecular flexibility index (Phi) is 2.18. The van der Waals surface area contributed by atoms with Crippen molar-refractivity contribution in [2.45, 2.75) is 25.7 Å². The molecular formula is C15H14N4. The van der Waals surface area contributed by atoms with Crippen LogP contribution in [-0.4, -0.2) is 20.0 Å². The minimum atomic E-state index is 0.719. The molecule has 0 aliphatic heterocycles. The molecule has 3 aromatic rings. The van der Waals surface area contributed by atoms with Crippen molar-refractivity contribution in [3.8, 4) is 5.82 Å². The number of aryl methyl sites for hydroxylation is 1. The van der Waals surface area contributed by atoms with Gasteiger partial charge in [-0.3, -0.25) is 0 Å². The quantitative estimate of drug-likeness (QED) is 0.702. The van der Waals surface area contributed by atoms with Gasteiger partial charge in [0.15, 0.2) is 5.82 Å². The Morgan fingerprint density at radius 1 is 1.21 bits per heavy atom. The molecule has 0 radical (unpaired) electrons. The fourth-order valence-electron chi connectivity index (χ4n) is 2.52. The lowest BCUT2D eigenvalue weighted by Crippen LogP contribution is -2.02. The third kappa shape index (κ3) is 1.71.